The van der Waals surface area contributed by atoms with Crippen molar-refractivity contribution in [2.45, 2.75) is 64.3 Å². The van der Waals surface area contributed by atoms with Crippen molar-refractivity contribution in [3.8, 4) is 6.07 Å². The number of nitrogens with zero attached hydrogens (tertiary/aromatic N) is 1. The largest absolute Gasteiger partial charge is 0.353 e. The van der Waals surface area contributed by atoms with Gasteiger partial charge in [0.15, 0.2) is 0 Å². The Labute approximate surface area is 179 Å². The number of amides is 1. The number of hydrogen-bond acceptors (Lipinski definition) is 2. The number of benzene rings is 2. The van der Waals surface area contributed by atoms with Gasteiger partial charge in [0.1, 0.15) is 0 Å². The zero-order chi connectivity index (χ0) is 20.9. The van der Waals surface area contributed by atoms with Crippen LogP contribution in [0.2, 0.25) is 5.02 Å². The van der Waals surface area contributed by atoms with Crippen LogP contribution in [0.15, 0.2) is 48.5 Å². The summed E-state index contributed by atoms with van der Waals surface area (Å²) >= 11 is 6.05. The molecule has 2 aromatic rings. The van der Waals surface area contributed by atoms with Gasteiger partial charge in [-0.2, -0.15) is 5.26 Å². The first-order valence-electron chi connectivity index (χ1n) is 10.5. The quantitative estimate of drug-likeness (QED) is 0.581. The van der Waals surface area contributed by atoms with Gasteiger partial charge >= 0.3 is 0 Å². The fraction of sp³-hybridized carbons (Fsp3) is 0.440. The van der Waals surface area contributed by atoms with Crippen molar-refractivity contribution in [2.24, 2.45) is 5.41 Å². The standard InChI is InChI=1S/C25H29ClN2O/c1-3-12-25(13-5-14-25)24(29)28-18(2)23(16-19-8-10-22(26)11-9-19)21-7-4-6-20(15-21)17-27/h4,6-11,15,18,23H,3,5,12-14,16H2,1-2H3,(H,28,29)/t18-,23+/m0/s1. The minimum absolute atomic E-state index is 0.0403. The predicted molar refractivity (Wildman–Crippen MR) is 118 cm³/mol. The summed E-state index contributed by atoms with van der Waals surface area (Å²) in [5.41, 5.74) is 2.70. The molecule has 1 saturated carbocycles. The highest BCUT2D eigenvalue weighted by Gasteiger charge is 2.43. The van der Waals surface area contributed by atoms with Crippen molar-refractivity contribution in [1.82, 2.24) is 5.32 Å². The molecule has 0 aromatic heterocycles. The summed E-state index contributed by atoms with van der Waals surface area (Å²) in [5, 5.41) is 13.4. The molecule has 0 bridgehead atoms. The van der Waals surface area contributed by atoms with Gasteiger partial charge in [0, 0.05) is 22.4 Å². The molecule has 2 atom stereocenters. The van der Waals surface area contributed by atoms with Crippen LogP contribution in [0.25, 0.3) is 0 Å². The molecule has 0 aliphatic heterocycles. The monoisotopic (exact) mass is 408 g/mol. The Hall–Kier alpha value is -2.31. The number of carbonyl (C=O) groups excluding carboxylic acids is 1. The zero-order valence-electron chi connectivity index (χ0n) is 17.2. The molecule has 29 heavy (non-hydrogen) atoms. The van der Waals surface area contributed by atoms with Gasteiger partial charge in [-0.15, -0.1) is 0 Å². The zero-order valence-corrected chi connectivity index (χ0v) is 18.0. The highest BCUT2D eigenvalue weighted by Crippen LogP contribution is 2.45. The van der Waals surface area contributed by atoms with E-state index in [0.29, 0.717) is 10.6 Å². The van der Waals surface area contributed by atoms with Crippen LogP contribution in [0.1, 0.15) is 68.6 Å². The molecule has 152 valence electrons. The minimum atomic E-state index is -0.178. The van der Waals surface area contributed by atoms with E-state index in [9.17, 15) is 10.1 Å². The molecule has 1 amide bonds. The van der Waals surface area contributed by atoms with E-state index < -0.39 is 0 Å². The minimum Gasteiger partial charge on any atom is -0.353 e. The summed E-state index contributed by atoms with van der Waals surface area (Å²) in [6, 6.07) is 17.8. The Bertz CT molecular complexity index is 880. The van der Waals surface area contributed by atoms with E-state index in [1.165, 1.54) is 0 Å². The lowest BCUT2D eigenvalue weighted by atomic mass is 9.65. The van der Waals surface area contributed by atoms with Crippen molar-refractivity contribution < 1.29 is 4.79 Å². The Morgan fingerprint density at radius 1 is 1.24 bits per heavy atom. The number of carbonyl (C=O) groups is 1. The predicted octanol–water partition coefficient (Wildman–Crippen LogP) is 6.01. The first kappa shape index (κ1) is 21.4. The molecule has 2 aromatic carbocycles. The van der Waals surface area contributed by atoms with E-state index in [0.717, 1.165) is 49.7 Å². The number of nitrogens with one attached hydrogen (secondary N) is 1. The molecule has 0 unspecified atom stereocenters. The molecule has 3 nitrogen and oxygen atoms in total. The molecule has 0 saturated heterocycles. The number of hydrogen-bond donors (Lipinski definition) is 1. The van der Waals surface area contributed by atoms with E-state index in [1.807, 2.05) is 42.5 Å². The third-order valence-corrected chi connectivity index (χ3v) is 6.55. The summed E-state index contributed by atoms with van der Waals surface area (Å²) in [4.78, 5) is 13.1. The van der Waals surface area contributed by atoms with Gasteiger partial charge in [0.2, 0.25) is 5.91 Å². The van der Waals surface area contributed by atoms with Crippen molar-refractivity contribution in [3.05, 3.63) is 70.2 Å². The molecule has 1 fully saturated rings. The maximum absolute atomic E-state index is 13.1. The van der Waals surface area contributed by atoms with E-state index >= 15 is 0 Å². The molecular weight excluding hydrogens is 380 g/mol. The number of halogens is 1. The topological polar surface area (TPSA) is 52.9 Å². The fourth-order valence-electron chi connectivity index (χ4n) is 4.43. The summed E-state index contributed by atoms with van der Waals surface area (Å²) in [6.07, 6.45) is 5.88. The molecule has 4 heteroatoms. The van der Waals surface area contributed by atoms with Gasteiger partial charge < -0.3 is 5.32 Å². The normalized spacial score (nSPS) is 16.9. The summed E-state index contributed by atoms with van der Waals surface area (Å²) in [6.45, 7) is 4.23. The van der Waals surface area contributed by atoms with Crippen LogP contribution in [0.5, 0.6) is 0 Å². The lowest BCUT2D eigenvalue weighted by Crippen LogP contribution is -2.50. The first-order chi connectivity index (χ1) is 14.0. The molecule has 1 N–H and O–H groups in total. The van der Waals surface area contributed by atoms with E-state index in [-0.39, 0.29) is 23.3 Å². The molecule has 3 rings (SSSR count). The summed E-state index contributed by atoms with van der Waals surface area (Å²) in [7, 11) is 0. The average molecular weight is 409 g/mol. The molecule has 0 radical (unpaired) electrons. The van der Waals surface area contributed by atoms with Crippen LogP contribution in [-0.4, -0.2) is 11.9 Å². The van der Waals surface area contributed by atoms with Crippen molar-refractivity contribution in [1.29, 1.82) is 5.26 Å². The molecule has 0 spiro atoms. The molecule has 1 aliphatic rings. The smallest absolute Gasteiger partial charge is 0.226 e. The van der Waals surface area contributed by atoms with Crippen LogP contribution in [0.4, 0.5) is 0 Å². The van der Waals surface area contributed by atoms with Gasteiger partial charge in [-0.3, -0.25) is 4.79 Å². The first-order valence-corrected chi connectivity index (χ1v) is 10.9. The highest BCUT2D eigenvalue weighted by atomic mass is 35.5. The van der Waals surface area contributed by atoms with Gasteiger partial charge in [-0.1, -0.05) is 55.6 Å². The Balaban J connectivity index is 1.84. The second-order valence-electron chi connectivity index (χ2n) is 8.32. The van der Waals surface area contributed by atoms with Gasteiger partial charge in [-0.05, 0) is 68.0 Å². The third-order valence-electron chi connectivity index (χ3n) is 6.30. The second-order valence-corrected chi connectivity index (χ2v) is 8.76. The van der Waals surface area contributed by atoms with Crippen LogP contribution in [-0.2, 0) is 11.2 Å². The second kappa shape index (κ2) is 9.46. The fourth-order valence-corrected chi connectivity index (χ4v) is 4.56. The van der Waals surface area contributed by atoms with Crippen LogP contribution < -0.4 is 5.32 Å². The summed E-state index contributed by atoms with van der Waals surface area (Å²) < 4.78 is 0. The van der Waals surface area contributed by atoms with E-state index in [2.05, 4.69) is 31.3 Å². The van der Waals surface area contributed by atoms with Crippen LogP contribution >= 0.6 is 11.6 Å². The Morgan fingerprint density at radius 2 is 1.97 bits per heavy atom. The molecular formula is C25H29ClN2O. The maximum Gasteiger partial charge on any atom is 0.226 e. The molecule has 0 heterocycles. The van der Waals surface area contributed by atoms with Crippen molar-refractivity contribution >= 4 is 17.5 Å². The highest BCUT2D eigenvalue weighted by molar-refractivity contribution is 6.30. The van der Waals surface area contributed by atoms with Gasteiger partial charge in [0.05, 0.1) is 11.6 Å². The van der Waals surface area contributed by atoms with E-state index in [4.69, 9.17) is 11.6 Å². The van der Waals surface area contributed by atoms with Crippen LogP contribution in [0, 0.1) is 16.7 Å². The van der Waals surface area contributed by atoms with Crippen molar-refractivity contribution in [3.63, 3.8) is 0 Å². The van der Waals surface area contributed by atoms with Crippen LogP contribution in [0.3, 0.4) is 0 Å². The van der Waals surface area contributed by atoms with E-state index in [1.54, 1.807) is 0 Å². The lowest BCUT2D eigenvalue weighted by molar-refractivity contribution is -0.137. The SMILES string of the molecule is CCCC1(C(=O)N[C@@H](C)[C@@H](Cc2ccc(Cl)cc2)c2cccc(C#N)c2)CCC1. The summed E-state index contributed by atoms with van der Waals surface area (Å²) in [5.74, 6) is 0.267. The van der Waals surface area contributed by atoms with Crippen molar-refractivity contribution in [2.75, 3.05) is 0 Å². The van der Waals surface area contributed by atoms with Gasteiger partial charge in [-0.25, -0.2) is 0 Å². The third kappa shape index (κ3) is 5.00. The van der Waals surface area contributed by atoms with Gasteiger partial charge in [0.25, 0.3) is 0 Å². The average Bonchev–Trinajstić information content (AvgIpc) is 2.70. The maximum atomic E-state index is 13.1. The Kier molecular flexibility index (Phi) is 6.98. The molecule has 1 aliphatic carbocycles. The number of rotatable bonds is 8. The lowest BCUT2D eigenvalue weighted by Gasteiger charge is -2.41. The Morgan fingerprint density at radius 3 is 2.55 bits per heavy atom. The number of nitriles is 1.